The second-order valence-electron chi connectivity index (χ2n) is 7.64. The number of amides is 2. The van der Waals surface area contributed by atoms with E-state index in [4.69, 9.17) is 16.3 Å². The Morgan fingerprint density at radius 1 is 1.06 bits per heavy atom. The van der Waals surface area contributed by atoms with Crippen LogP contribution in [0.25, 0.3) is 10.9 Å². The summed E-state index contributed by atoms with van der Waals surface area (Å²) in [6.45, 7) is 4.82. The third-order valence-corrected chi connectivity index (χ3v) is 6.25. The molecule has 2 heterocycles. The zero-order chi connectivity index (χ0) is 22.8. The standard InChI is InChI=1S/C23H22ClN3O4S/c1-14(2)31-11-5-10-26-22(30)18-9-8-15(24)12-19(18)25-23(26)32-13-27-20(28)16-6-3-4-7-17(16)21(27)29/h3-4,6-9,12,14H,5,10-11,13H2,1-2H3. The highest BCUT2D eigenvalue weighted by molar-refractivity contribution is 7.99. The van der Waals surface area contributed by atoms with Crippen molar-refractivity contribution >= 4 is 46.1 Å². The average Bonchev–Trinajstić information content (AvgIpc) is 3.01. The van der Waals surface area contributed by atoms with Crippen molar-refractivity contribution in [3.8, 4) is 0 Å². The van der Waals surface area contributed by atoms with Gasteiger partial charge < -0.3 is 4.74 Å². The van der Waals surface area contributed by atoms with Crippen molar-refractivity contribution in [1.82, 2.24) is 14.5 Å². The number of benzene rings is 2. The van der Waals surface area contributed by atoms with Crippen LogP contribution in [-0.4, -0.2) is 44.9 Å². The fourth-order valence-electron chi connectivity index (χ4n) is 3.50. The lowest BCUT2D eigenvalue weighted by Crippen LogP contribution is -2.30. The first-order chi connectivity index (χ1) is 15.4. The molecule has 7 nitrogen and oxygen atoms in total. The summed E-state index contributed by atoms with van der Waals surface area (Å²) in [4.78, 5) is 44.3. The number of aromatic nitrogens is 2. The van der Waals surface area contributed by atoms with Crippen molar-refractivity contribution in [1.29, 1.82) is 0 Å². The van der Waals surface area contributed by atoms with Gasteiger partial charge >= 0.3 is 0 Å². The number of hydrogen-bond donors (Lipinski definition) is 0. The van der Waals surface area contributed by atoms with Gasteiger partial charge in [0, 0.05) is 18.2 Å². The van der Waals surface area contributed by atoms with Gasteiger partial charge in [-0.25, -0.2) is 4.98 Å². The quantitative estimate of drug-likeness (QED) is 0.212. The lowest BCUT2D eigenvalue weighted by molar-refractivity contribution is 0.0684. The first kappa shape index (κ1) is 22.5. The van der Waals surface area contributed by atoms with E-state index in [2.05, 4.69) is 4.98 Å². The summed E-state index contributed by atoms with van der Waals surface area (Å²) >= 11 is 7.27. The summed E-state index contributed by atoms with van der Waals surface area (Å²) in [7, 11) is 0. The molecule has 0 saturated carbocycles. The van der Waals surface area contributed by atoms with E-state index in [1.165, 1.54) is 16.7 Å². The summed E-state index contributed by atoms with van der Waals surface area (Å²) in [5, 5.41) is 1.36. The fourth-order valence-corrected chi connectivity index (χ4v) is 4.64. The maximum atomic E-state index is 13.2. The summed E-state index contributed by atoms with van der Waals surface area (Å²) in [6.07, 6.45) is 0.727. The van der Waals surface area contributed by atoms with Crippen molar-refractivity contribution in [3.05, 3.63) is 69.0 Å². The van der Waals surface area contributed by atoms with E-state index in [1.807, 2.05) is 13.8 Å². The first-order valence-electron chi connectivity index (χ1n) is 10.3. The monoisotopic (exact) mass is 471 g/mol. The SMILES string of the molecule is CC(C)OCCCn1c(SCN2C(=O)c3ccccc3C2=O)nc2cc(Cl)ccc2c1=O. The normalized spacial score (nSPS) is 13.4. The number of halogens is 1. The molecule has 0 radical (unpaired) electrons. The number of carbonyl (C=O) groups excluding carboxylic acids is 2. The lowest BCUT2D eigenvalue weighted by Gasteiger charge is -2.17. The molecule has 166 valence electrons. The molecule has 4 rings (SSSR count). The second-order valence-corrected chi connectivity index (χ2v) is 8.99. The van der Waals surface area contributed by atoms with E-state index in [0.29, 0.717) is 51.8 Å². The van der Waals surface area contributed by atoms with Crippen LogP contribution in [-0.2, 0) is 11.3 Å². The van der Waals surface area contributed by atoms with Crippen molar-refractivity contribution in [2.45, 2.75) is 38.1 Å². The smallest absolute Gasteiger partial charge is 0.262 e. The summed E-state index contributed by atoms with van der Waals surface area (Å²) in [5.41, 5.74) is 1.06. The Morgan fingerprint density at radius 2 is 1.75 bits per heavy atom. The first-order valence-corrected chi connectivity index (χ1v) is 11.6. The summed E-state index contributed by atoms with van der Waals surface area (Å²) in [6, 6.07) is 11.7. The number of rotatable bonds is 8. The molecule has 0 unspecified atom stereocenters. The molecular weight excluding hydrogens is 450 g/mol. The van der Waals surface area contributed by atoms with E-state index < -0.39 is 0 Å². The predicted octanol–water partition coefficient (Wildman–Crippen LogP) is 4.21. The number of ether oxygens (including phenoxy) is 1. The minimum Gasteiger partial charge on any atom is -0.379 e. The van der Waals surface area contributed by atoms with Crippen LogP contribution in [0.15, 0.2) is 52.4 Å². The molecule has 0 atom stereocenters. The van der Waals surface area contributed by atoms with E-state index in [9.17, 15) is 14.4 Å². The van der Waals surface area contributed by atoms with E-state index >= 15 is 0 Å². The van der Waals surface area contributed by atoms with Gasteiger partial charge in [-0.3, -0.25) is 23.9 Å². The molecule has 0 bridgehead atoms. The van der Waals surface area contributed by atoms with Crippen LogP contribution in [0.5, 0.6) is 0 Å². The summed E-state index contributed by atoms with van der Waals surface area (Å²) < 4.78 is 7.17. The maximum Gasteiger partial charge on any atom is 0.262 e. The Bertz CT molecular complexity index is 1220. The fraction of sp³-hybridized carbons (Fsp3) is 0.304. The van der Waals surface area contributed by atoms with Gasteiger partial charge in [-0.2, -0.15) is 0 Å². The highest BCUT2D eigenvalue weighted by Gasteiger charge is 2.35. The van der Waals surface area contributed by atoms with Crippen molar-refractivity contribution in [2.24, 2.45) is 0 Å². The minimum absolute atomic E-state index is 0.0490. The molecule has 0 spiro atoms. The predicted molar refractivity (Wildman–Crippen MR) is 124 cm³/mol. The van der Waals surface area contributed by atoms with Gasteiger partial charge in [-0.1, -0.05) is 35.5 Å². The van der Waals surface area contributed by atoms with Gasteiger partial charge in [0.2, 0.25) is 0 Å². The van der Waals surface area contributed by atoms with Gasteiger partial charge in [0.15, 0.2) is 5.16 Å². The van der Waals surface area contributed by atoms with Crippen molar-refractivity contribution in [3.63, 3.8) is 0 Å². The van der Waals surface area contributed by atoms with E-state index in [1.54, 1.807) is 47.0 Å². The average molecular weight is 472 g/mol. The summed E-state index contributed by atoms with van der Waals surface area (Å²) in [5.74, 6) is -0.643. The number of imide groups is 1. The minimum atomic E-state index is -0.346. The van der Waals surface area contributed by atoms with Crippen LogP contribution in [0, 0.1) is 0 Å². The maximum absolute atomic E-state index is 13.2. The Balaban J connectivity index is 1.62. The van der Waals surface area contributed by atoms with Crippen LogP contribution in [0.4, 0.5) is 0 Å². The zero-order valence-electron chi connectivity index (χ0n) is 17.7. The molecule has 0 fully saturated rings. The van der Waals surface area contributed by atoms with E-state index in [0.717, 1.165) is 0 Å². The molecule has 1 aliphatic heterocycles. The number of hydrogen-bond acceptors (Lipinski definition) is 6. The molecular formula is C23H22ClN3O4S. The third-order valence-electron chi connectivity index (χ3n) is 5.06. The second kappa shape index (κ2) is 9.44. The molecule has 32 heavy (non-hydrogen) atoms. The Morgan fingerprint density at radius 3 is 2.41 bits per heavy atom. The largest absolute Gasteiger partial charge is 0.379 e. The van der Waals surface area contributed by atoms with Crippen LogP contribution < -0.4 is 5.56 Å². The number of fused-ring (bicyclic) bond motifs is 2. The number of carbonyl (C=O) groups is 2. The molecule has 1 aliphatic rings. The number of nitrogens with zero attached hydrogens (tertiary/aromatic N) is 3. The van der Waals surface area contributed by atoms with Crippen molar-refractivity contribution < 1.29 is 14.3 Å². The molecule has 3 aromatic rings. The molecule has 2 amide bonds. The highest BCUT2D eigenvalue weighted by atomic mass is 35.5. The Kier molecular flexibility index (Phi) is 6.64. The van der Waals surface area contributed by atoms with Crippen LogP contribution in [0.3, 0.4) is 0 Å². The van der Waals surface area contributed by atoms with Crippen LogP contribution in [0.1, 0.15) is 41.0 Å². The molecule has 0 N–H and O–H groups in total. The third kappa shape index (κ3) is 4.44. The topological polar surface area (TPSA) is 81.5 Å². The van der Waals surface area contributed by atoms with Gasteiger partial charge in [0.05, 0.1) is 34.0 Å². The van der Waals surface area contributed by atoms with Gasteiger partial charge in [0.25, 0.3) is 17.4 Å². The molecule has 9 heteroatoms. The van der Waals surface area contributed by atoms with Gasteiger partial charge in [0.1, 0.15) is 0 Å². The van der Waals surface area contributed by atoms with Crippen molar-refractivity contribution in [2.75, 3.05) is 12.5 Å². The molecule has 0 saturated heterocycles. The van der Waals surface area contributed by atoms with Crippen LogP contribution in [0.2, 0.25) is 5.02 Å². The Labute approximate surface area is 194 Å². The Hall–Kier alpha value is -2.68. The lowest BCUT2D eigenvalue weighted by atomic mass is 10.1. The highest BCUT2D eigenvalue weighted by Crippen LogP contribution is 2.27. The number of thioether (sulfide) groups is 1. The van der Waals surface area contributed by atoms with Gasteiger partial charge in [-0.05, 0) is 50.6 Å². The van der Waals surface area contributed by atoms with Gasteiger partial charge in [-0.15, -0.1) is 0 Å². The molecule has 1 aromatic heterocycles. The van der Waals surface area contributed by atoms with E-state index in [-0.39, 0.29) is 29.4 Å². The molecule has 2 aromatic carbocycles. The zero-order valence-corrected chi connectivity index (χ0v) is 19.3. The molecule has 0 aliphatic carbocycles. The van der Waals surface area contributed by atoms with Crippen LogP contribution >= 0.6 is 23.4 Å².